The van der Waals surface area contributed by atoms with Crippen LogP contribution in [0.25, 0.3) is 0 Å². The van der Waals surface area contributed by atoms with Crippen molar-refractivity contribution < 1.29 is 4.74 Å². The van der Waals surface area contributed by atoms with Crippen molar-refractivity contribution in [1.29, 1.82) is 0 Å². The smallest absolute Gasteiger partial charge is 0.198 e. The summed E-state index contributed by atoms with van der Waals surface area (Å²) in [7, 11) is 1.68. The minimum absolute atomic E-state index is 0.0805. The third kappa shape index (κ3) is 3.12. The first kappa shape index (κ1) is 16.0. The van der Waals surface area contributed by atoms with Crippen LogP contribution in [0.5, 0.6) is 5.75 Å². The molecule has 0 aromatic heterocycles. The molecular formula is C16H25N3OS. The highest BCUT2D eigenvalue weighted by Crippen LogP contribution is 2.42. The second-order valence-electron chi connectivity index (χ2n) is 6.19. The summed E-state index contributed by atoms with van der Waals surface area (Å²) in [4.78, 5) is 5.15. The van der Waals surface area contributed by atoms with Crippen LogP contribution in [-0.2, 0) is 6.42 Å². The zero-order valence-electron chi connectivity index (χ0n) is 13.8. The molecular weight excluding hydrogens is 282 g/mol. The highest BCUT2D eigenvalue weighted by Gasteiger charge is 2.30. The first-order valence-corrected chi connectivity index (χ1v) is 8.05. The van der Waals surface area contributed by atoms with E-state index in [1.54, 1.807) is 7.05 Å². The van der Waals surface area contributed by atoms with Crippen molar-refractivity contribution in [3.05, 3.63) is 22.3 Å². The van der Waals surface area contributed by atoms with Crippen LogP contribution in [0.2, 0.25) is 0 Å². The van der Waals surface area contributed by atoms with Crippen LogP contribution in [-0.4, -0.2) is 18.6 Å². The van der Waals surface area contributed by atoms with E-state index in [1.165, 1.54) is 39.1 Å². The zero-order valence-corrected chi connectivity index (χ0v) is 14.6. The van der Waals surface area contributed by atoms with Gasteiger partial charge in [0.15, 0.2) is 5.96 Å². The van der Waals surface area contributed by atoms with Crippen molar-refractivity contribution in [3.8, 4) is 5.75 Å². The minimum Gasteiger partial charge on any atom is -0.487 e. The van der Waals surface area contributed by atoms with Gasteiger partial charge in [-0.2, -0.15) is 0 Å². The van der Waals surface area contributed by atoms with Crippen LogP contribution in [0.15, 0.2) is 9.89 Å². The summed E-state index contributed by atoms with van der Waals surface area (Å²) in [6.45, 7) is 10.7. The predicted octanol–water partition coefficient (Wildman–Crippen LogP) is 3.26. The summed E-state index contributed by atoms with van der Waals surface area (Å²) >= 11 is 1.53. The fraction of sp³-hybridized carbons (Fsp3) is 0.562. The van der Waals surface area contributed by atoms with E-state index in [-0.39, 0.29) is 5.60 Å². The maximum Gasteiger partial charge on any atom is 0.198 e. The third-order valence-electron chi connectivity index (χ3n) is 4.17. The Morgan fingerprint density at radius 2 is 1.90 bits per heavy atom. The predicted molar refractivity (Wildman–Crippen MR) is 90.2 cm³/mol. The van der Waals surface area contributed by atoms with Crippen LogP contribution in [0.1, 0.15) is 42.5 Å². The number of nitrogens with one attached hydrogen (secondary N) is 1. The molecule has 0 saturated heterocycles. The molecule has 1 heterocycles. The lowest BCUT2D eigenvalue weighted by Gasteiger charge is -2.35. The molecule has 21 heavy (non-hydrogen) atoms. The topological polar surface area (TPSA) is 59.6 Å². The molecule has 3 N–H and O–H groups in total. The molecule has 1 aromatic carbocycles. The maximum atomic E-state index is 6.24. The number of rotatable bonds is 2. The van der Waals surface area contributed by atoms with Crippen molar-refractivity contribution in [2.45, 2.75) is 58.0 Å². The van der Waals surface area contributed by atoms with E-state index < -0.39 is 0 Å². The van der Waals surface area contributed by atoms with Crippen LogP contribution in [0, 0.1) is 20.8 Å². The molecule has 0 amide bonds. The SMILES string of the molecule is CN=C(N)NSc1c(C)c(C)c2c(c1C)CCC(C)(C)O2. The van der Waals surface area contributed by atoms with E-state index in [2.05, 4.69) is 44.3 Å². The van der Waals surface area contributed by atoms with Gasteiger partial charge in [0.1, 0.15) is 11.4 Å². The maximum absolute atomic E-state index is 6.24. The van der Waals surface area contributed by atoms with Gasteiger partial charge < -0.3 is 10.5 Å². The number of benzene rings is 1. The third-order valence-corrected chi connectivity index (χ3v) is 5.29. The normalized spacial score (nSPS) is 17.1. The van der Waals surface area contributed by atoms with E-state index in [4.69, 9.17) is 10.5 Å². The summed E-state index contributed by atoms with van der Waals surface area (Å²) in [5.41, 5.74) is 10.7. The molecule has 1 aliphatic heterocycles. The lowest BCUT2D eigenvalue weighted by Crippen LogP contribution is -2.33. The molecule has 0 unspecified atom stereocenters. The van der Waals surface area contributed by atoms with E-state index >= 15 is 0 Å². The Labute approximate surface area is 131 Å². The van der Waals surface area contributed by atoms with Gasteiger partial charge >= 0.3 is 0 Å². The van der Waals surface area contributed by atoms with Gasteiger partial charge in [0.25, 0.3) is 0 Å². The summed E-state index contributed by atoms with van der Waals surface area (Å²) in [5, 5.41) is 0. The van der Waals surface area contributed by atoms with E-state index in [0.29, 0.717) is 5.96 Å². The van der Waals surface area contributed by atoms with Gasteiger partial charge in [-0.1, -0.05) is 0 Å². The van der Waals surface area contributed by atoms with E-state index in [0.717, 1.165) is 18.6 Å². The second-order valence-corrected chi connectivity index (χ2v) is 7.00. The summed E-state index contributed by atoms with van der Waals surface area (Å²) in [6, 6.07) is 0. The highest BCUT2D eigenvalue weighted by molar-refractivity contribution is 7.98. The molecule has 5 heteroatoms. The Kier molecular flexibility index (Phi) is 4.42. The molecule has 1 aliphatic rings. The Bertz CT molecular complexity index is 594. The number of guanidine groups is 1. The summed E-state index contributed by atoms with van der Waals surface area (Å²) in [5.74, 6) is 1.51. The van der Waals surface area contributed by atoms with Crippen LogP contribution in [0.3, 0.4) is 0 Å². The molecule has 0 aliphatic carbocycles. The molecule has 4 nitrogen and oxygen atoms in total. The average Bonchev–Trinajstić information content (AvgIpc) is 2.43. The number of aliphatic imine (C=N–C) groups is 1. The molecule has 0 fully saturated rings. The monoisotopic (exact) mass is 307 g/mol. The number of nitrogens with two attached hydrogens (primary N) is 1. The fourth-order valence-corrected chi connectivity index (χ4v) is 3.53. The van der Waals surface area contributed by atoms with Gasteiger partial charge in [0.05, 0.1) is 0 Å². The lowest BCUT2D eigenvalue weighted by atomic mass is 9.88. The average molecular weight is 307 g/mol. The Morgan fingerprint density at radius 1 is 1.24 bits per heavy atom. The number of ether oxygens (including phenoxy) is 1. The summed E-state index contributed by atoms with van der Waals surface area (Å²) in [6.07, 6.45) is 2.10. The van der Waals surface area contributed by atoms with Crippen molar-refractivity contribution in [1.82, 2.24) is 4.72 Å². The van der Waals surface area contributed by atoms with Crippen molar-refractivity contribution in [2.24, 2.45) is 10.7 Å². The lowest BCUT2D eigenvalue weighted by molar-refractivity contribution is 0.0832. The summed E-state index contributed by atoms with van der Waals surface area (Å²) < 4.78 is 9.32. The molecule has 116 valence electrons. The highest BCUT2D eigenvalue weighted by atomic mass is 32.2. The number of hydrogen-bond acceptors (Lipinski definition) is 3. The molecule has 1 aromatic rings. The van der Waals surface area contributed by atoms with Crippen LogP contribution in [0.4, 0.5) is 0 Å². The zero-order chi connectivity index (χ0) is 15.8. The first-order chi connectivity index (χ1) is 9.76. The molecule has 0 saturated carbocycles. The van der Waals surface area contributed by atoms with Crippen molar-refractivity contribution in [3.63, 3.8) is 0 Å². The van der Waals surface area contributed by atoms with Gasteiger partial charge in [-0.05, 0) is 81.7 Å². The van der Waals surface area contributed by atoms with Crippen LogP contribution >= 0.6 is 11.9 Å². The van der Waals surface area contributed by atoms with Crippen molar-refractivity contribution in [2.75, 3.05) is 7.05 Å². The fourth-order valence-electron chi connectivity index (χ4n) is 2.65. The quantitative estimate of drug-likeness (QED) is 0.500. The number of hydrogen-bond donors (Lipinski definition) is 2. The van der Waals surface area contributed by atoms with Crippen molar-refractivity contribution >= 4 is 17.9 Å². The van der Waals surface area contributed by atoms with E-state index in [9.17, 15) is 0 Å². The van der Waals surface area contributed by atoms with E-state index in [1.807, 2.05) is 0 Å². The molecule has 0 bridgehead atoms. The van der Waals surface area contributed by atoms with Gasteiger partial charge in [-0.3, -0.25) is 9.71 Å². The Hall–Kier alpha value is -1.36. The molecule has 0 atom stereocenters. The second kappa shape index (κ2) is 5.79. The van der Waals surface area contributed by atoms with Gasteiger partial charge in [0.2, 0.25) is 0 Å². The largest absolute Gasteiger partial charge is 0.487 e. The van der Waals surface area contributed by atoms with Gasteiger partial charge in [-0.25, -0.2) is 0 Å². The standard InChI is InChI=1S/C16H25N3OS/c1-9-10(2)14(21-19-15(17)18-6)11(3)12-7-8-16(4,5)20-13(9)12/h7-8H2,1-6H3,(H3,17,18,19). The molecule has 2 rings (SSSR count). The Balaban J connectivity index is 2.44. The number of fused-ring (bicyclic) bond motifs is 1. The Morgan fingerprint density at radius 3 is 2.52 bits per heavy atom. The van der Waals surface area contributed by atoms with Crippen LogP contribution < -0.4 is 15.2 Å². The minimum atomic E-state index is -0.0805. The van der Waals surface area contributed by atoms with Gasteiger partial charge in [-0.15, -0.1) is 0 Å². The molecule has 0 spiro atoms. The number of nitrogens with zero attached hydrogens (tertiary/aromatic N) is 1. The van der Waals surface area contributed by atoms with Gasteiger partial charge in [0, 0.05) is 11.9 Å². The molecule has 0 radical (unpaired) electrons. The first-order valence-electron chi connectivity index (χ1n) is 7.23.